The molecule has 2 aromatic carbocycles. The number of aliphatic hydroxyl groups is 2. The van der Waals surface area contributed by atoms with Gasteiger partial charge in [-0.3, -0.25) is 19.3 Å². The van der Waals surface area contributed by atoms with Crippen LogP contribution in [0.1, 0.15) is 64.7 Å². The zero-order valence-corrected chi connectivity index (χ0v) is 32.4. The molecule has 1 aliphatic rings. The molecule has 13 nitrogen and oxygen atoms in total. The van der Waals surface area contributed by atoms with E-state index in [0.717, 1.165) is 0 Å². The van der Waals surface area contributed by atoms with Crippen LogP contribution in [0.15, 0.2) is 73.3 Å². The quantitative estimate of drug-likeness (QED) is 0.141. The van der Waals surface area contributed by atoms with Crippen molar-refractivity contribution in [1.29, 1.82) is 0 Å². The van der Waals surface area contributed by atoms with Gasteiger partial charge >= 0.3 is 18.0 Å². The van der Waals surface area contributed by atoms with Crippen LogP contribution in [0.25, 0.3) is 0 Å². The lowest BCUT2D eigenvalue weighted by molar-refractivity contribution is -0.181. The Hall–Kier alpha value is -4.72. The van der Waals surface area contributed by atoms with Gasteiger partial charge in [0.25, 0.3) is 0 Å². The van der Waals surface area contributed by atoms with E-state index in [0.29, 0.717) is 16.8 Å². The molecule has 0 saturated heterocycles. The van der Waals surface area contributed by atoms with Crippen molar-refractivity contribution in [2.75, 3.05) is 25.1 Å². The van der Waals surface area contributed by atoms with Crippen LogP contribution in [0.3, 0.4) is 0 Å². The van der Waals surface area contributed by atoms with Crippen LogP contribution >= 0.6 is 11.6 Å². The van der Waals surface area contributed by atoms with Crippen molar-refractivity contribution in [2.24, 2.45) is 17.3 Å². The number of hydrogen-bond acceptors (Lipinski definition) is 10. The Balaban J connectivity index is 1.95. The van der Waals surface area contributed by atoms with Gasteiger partial charge in [0.05, 0.1) is 22.2 Å². The maximum absolute atomic E-state index is 13.6. The van der Waals surface area contributed by atoms with Crippen molar-refractivity contribution >= 4 is 47.1 Å². The molecule has 0 bridgehead atoms. The van der Waals surface area contributed by atoms with Gasteiger partial charge in [-0.25, -0.2) is 9.59 Å². The number of ether oxygens (including phenoxy) is 3. The maximum atomic E-state index is 13.6. The van der Waals surface area contributed by atoms with Gasteiger partial charge in [0.1, 0.15) is 24.9 Å². The first-order chi connectivity index (χ1) is 25.4. The predicted molar refractivity (Wildman–Crippen MR) is 203 cm³/mol. The molecular formula is C40H52ClN3O10. The maximum Gasteiger partial charge on any atom is 0.414 e. The molecule has 3 rings (SSSR count). The van der Waals surface area contributed by atoms with E-state index in [1.54, 1.807) is 69.3 Å². The molecule has 1 aliphatic heterocycles. The first-order valence-corrected chi connectivity index (χ1v) is 18.2. The van der Waals surface area contributed by atoms with E-state index in [4.69, 9.17) is 25.8 Å². The number of amides is 3. The normalized spacial score (nSPS) is 22.1. The molecule has 0 aromatic heterocycles. The smallest absolute Gasteiger partial charge is 0.414 e. The summed E-state index contributed by atoms with van der Waals surface area (Å²) in [5.41, 5.74) is 0.0523. The van der Waals surface area contributed by atoms with E-state index in [-0.39, 0.29) is 43.4 Å². The van der Waals surface area contributed by atoms with Crippen LogP contribution in [-0.4, -0.2) is 84.6 Å². The van der Waals surface area contributed by atoms with E-state index < -0.39 is 71.6 Å². The Morgan fingerprint density at radius 1 is 1.09 bits per heavy atom. The van der Waals surface area contributed by atoms with Gasteiger partial charge in [-0.2, -0.15) is 0 Å². The molecule has 6 atom stereocenters. The minimum Gasteiger partial charge on any atom is -0.459 e. The van der Waals surface area contributed by atoms with Gasteiger partial charge in [-0.1, -0.05) is 87.5 Å². The highest BCUT2D eigenvalue weighted by Gasteiger charge is 2.38. The minimum absolute atomic E-state index is 0.0149. The third-order valence-corrected chi connectivity index (χ3v) is 9.30. The number of anilines is 1. The van der Waals surface area contributed by atoms with E-state index in [1.165, 1.54) is 30.2 Å². The highest BCUT2D eigenvalue weighted by molar-refractivity contribution is 6.33. The van der Waals surface area contributed by atoms with Crippen LogP contribution in [0.4, 0.5) is 10.5 Å². The molecule has 294 valence electrons. The van der Waals surface area contributed by atoms with Crippen LogP contribution in [0.2, 0.25) is 5.02 Å². The number of hydrogen-bond donors (Lipinski definition) is 4. The van der Waals surface area contributed by atoms with Crippen LogP contribution in [0.5, 0.6) is 0 Å². The second-order valence-corrected chi connectivity index (χ2v) is 14.8. The Labute approximate surface area is 321 Å². The average Bonchev–Trinajstić information content (AvgIpc) is 3.13. The molecule has 0 saturated carbocycles. The first-order valence-electron chi connectivity index (χ1n) is 17.8. The Morgan fingerprint density at radius 2 is 1.78 bits per heavy atom. The number of carbonyl (C=O) groups is 5. The third kappa shape index (κ3) is 12.4. The highest BCUT2D eigenvalue weighted by atomic mass is 35.5. The molecule has 1 heterocycles. The number of nitrogens with one attached hydrogen (secondary N) is 2. The van der Waals surface area contributed by atoms with Crippen LogP contribution in [-0.2, 0) is 39.8 Å². The second kappa shape index (κ2) is 20.1. The molecule has 54 heavy (non-hydrogen) atoms. The summed E-state index contributed by atoms with van der Waals surface area (Å²) < 4.78 is 16.7. The summed E-state index contributed by atoms with van der Waals surface area (Å²) in [6.07, 6.45) is -1.59. The number of benzene rings is 2. The second-order valence-electron chi connectivity index (χ2n) is 14.4. The highest BCUT2D eigenvalue weighted by Crippen LogP contribution is 2.29. The van der Waals surface area contributed by atoms with E-state index in [2.05, 4.69) is 17.2 Å². The minimum atomic E-state index is -1.38. The van der Waals surface area contributed by atoms with E-state index in [1.807, 2.05) is 13.8 Å². The Kier molecular flexibility index (Phi) is 16.3. The topological polar surface area (TPSA) is 181 Å². The molecular weight excluding hydrogens is 718 g/mol. The predicted octanol–water partition coefficient (Wildman–Crippen LogP) is 4.83. The van der Waals surface area contributed by atoms with Crippen molar-refractivity contribution in [1.82, 2.24) is 10.6 Å². The SMILES string of the molecule is C=CCOC(=O)N(C)c1ccc(C[C@H]2NC(=O)/C=C/C[C@@H]([C@H](C)[C@@H](O)[C@H](O)c3ccccc3)OC(=O)[C@H](CC(C)C)OC(=O)C(C)(C)CNC2=O)cc1Cl. The monoisotopic (exact) mass is 769 g/mol. The van der Waals surface area contributed by atoms with E-state index in [9.17, 15) is 34.2 Å². The number of aliphatic hydroxyl groups excluding tert-OH is 2. The lowest BCUT2D eigenvalue weighted by Crippen LogP contribution is -2.51. The summed E-state index contributed by atoms with van der Waals surface area (Å²) in [5, 5.41) is 27.8. The van der Waals surface area contributed by atoms with Gasteiger partial charge in [0.15, 0.2) is 6.10 Å². The molecule has 0 aliphatic carbocycles. The number of cyclic esters (lactones) is 2. The molecule has 0 unspecified atom stereocenters. The zero-order valence-electron chi connectivity index (χ0n) is 31.6. The lowest BCUT2D eigenvalue weighted by atomic mass is 9.89. The molecule has 0 radical (unpaired) electrons. The van der Waals surface area contributed by atoms with Gasteiger partial charge < -0.3 is 35.1 Å². The molecule has 2 aromatic rings. The fraction of sp³-hybridized carbons (Fsp3) is 0.475. The summed E-state index contributed by atoms with van der Waals surface area (Å²) in [4.78, 5) is 67.6. The fourth-order valence-corrected chi connectivity index (χ4v) is 5.94. The Morgan fingerprint density at radius 3 is 2.41 bits per heavy atom. The van der Waals surface area contributed by atoms with Gasteiger partial charge in [0, 0.05) is 32.4 Å². The van der Waals surface area contributed by atoms with Crippen molar-refractivity contribution in [3.05, 3.63) is 89.5 Å². The van der Waals surface area contributed by atoms with Crippen LogP contribution in [0, 0.1) is 17.3 Å². The summed E-state index contributed by atoms with van der Waals surface area (Å²) in [6.45, 7) is 11.7. The molecule has 3 amide bonds. The van der Waals surface area contributed by atoms with Crippen molar-refractivity contribution in [2.45, 2.75) is 84.3 Å². The Bertz CT molecular complexity index is 1660. The molecule has 4 N–H and O–H groups in total. The summed E-state index contributed by atoms with van der Waals surface area (Å²) in [7, 11) is 1.49. The van der Waals surface area contributed by atoms with Gasteiger partial charge in [-0.05, 0) is 55.5 Å². The fourth-order valence-electron chi connectivity index (χ4n) is 5.61. The summed E-state index contributed by atoms with van der Waals surface area (Å²) in [6, 6.07) is 12.2. The molecule has 14 heteroatoms. The largest absolute Gasteiger partial charge is 0.459 e. The number of rotatable bonds is 11. The van der Waals surface area contributed by atoms with E-state index >= 15 is 0 Å². The lowest BCUT2D eigenvalue weighted by Gasteiger charge is -2.32. The third-order valence-electron chi connectivity index (χ3n) is 8.99. The molecule has 0 spiro atoms. The van der Waals surface area contributed by atoms with Crippen molar-refractivity contribution in [3.63, 3.8) is 0 Å². The number of halogens is 1. The average molecular weight is 770 g/mol. The summed E-state index contributed by atoms with van der Waals surface area (Å²) in [5.74, 6) is -3.78. The number of nitrogens with zero attached hydrogens (tertiary/aromatic N) is 1. The van der Waals surface area contributed by atoms with Crippen molar-refractivity contribution < 1.29 is 48.4 Å². The van der Waals surface area contributed by atoms with Crippen molar-refractivity contribution in [3.8, 4) is 0 Å². The first kappa shape index (κ1) is 43.7. The molecule has 0 fully saturated rings. The number of carbonyl (C=O) groups excluding carboxylic acids is 5. The zero-order chi connectivity index (χ0) is 40.2. The summed E-state index contributed by atoms with van der Waals surface area (Å²) >= 11 is 6.53. The van der Waals surface area contributed by atoms with Gasteiger partial charge in [-0.15, -0.1) is 0 Å². The van der Waals surface area contributed by atoms with Crippen LogP contribution < -0.4 is 15.5 Å². The standard InChI is InChI=1S/C40H52ClN3O10/c1-8-19-52-39(51)44(7)30-18-17-26(21-28(30)41)22-29-36(48)42-23-40(5,6)38(50)54-32(20-24(2)3)37(49)53-31(15-12-16-33(45)43-29)25(4)34(46)35(47)27-13-10-9-11-14-27/h8-14,16-18,21,24-25,29,31-32,34-35,46-47H,1,15,19-20,22-23H2,2-7H3,(H,42,48)(H,43,45)/b16-12+/t25-,29+,31-,32-,34+,35+/m0/s1. The number of esters is 2. The van der Waals surface area contributed by atoms with Gasteiger partial charge in [0.2, 0.25) is 11.8 Å².